The number of amides is 2. The molecule has 0 aliphatic heterocycles. The quantitative estimate of drug-likeness (QED) is 0.0902. The summed E-state index contributed by atoms with van der Waals surface area (Å²) in [6.45, 7) is 8.21. The van der Waals surface area contributed by atoms with Gasteiger partial charge in [0.05, 0.1) is 0 Å². The van der Waals surface area contributed by atoms with Gasteiger partial charge in [0.2, 0.25) is 11.8 Å². The van der Waals surface area contributed by atoms with Crippen LogP contribution in [0.2, 0.25) is 0 Å². The first-order valence-electron chi connectivity index (χ1n) is 19.0. The predicted molar refractivity (Wildman–Crippen MR) is 202 cm³/mol. The third-order valence-corrected chi connectivity index (χ3v) is 9.11. The van der Waals surface area contributed by atoms with Gasteiger partial charge in [0.1, 0.15) is 0 Å². The molecule has 6 heteroatoms. The van der Waals surface area contributed by atoms with Crippen LogP contribution in [-0.4, -0.2) is 61.9 Å². The van der Waals surface area contributed by atoms with Crippen LogP contribution in [0.3, 0.4) is 0 Å². The van der Waals surface area contributed by atoms with Crippen molar-refractivity contribution in [3.05, 3.63) is 59.7 Å². The number of hydrogen-bond donors (Lipinski definition) is 2. The van der Waals surface area contributed by atoms with Crippen LogP contribution in [0.1, 0.15) is 141 Å². The number of nitrogens with zero attached hydrogens (tertiary/aromatic N) is 2. The number of unbranched alkanes of at least 4 members (excludes halogenated alkanes) is 14. The molecule has 47 heavy (non-hydrogen) atoms. The van der Waals surface area contributed by atoms with E-state index in [2.05, 4.69) is 72.6 Å². The molecule has 2 aromatic carbocycles. The fraction of sp³-hybridized carbons (Fsp3) is 0.659. The normalized spacial score (nSPS) is 11.4. The second-order valence-electron chi connectivity index (χ2n) is 13.7. The van der Waals surface area contributed by atoms with Gasteiger partial charge in [-0.2, -0.15) is 0 Å². The van der Waals surface area contributed by atoms with Gasteiger partial charge in [0.15, 0.2) is 0 Å². The zero-order valence-corrected chi connectivity index (χ0v) is 30.6. The van der Waals surface area contributed by atoms with Crippen molar-refractivity contribution in [2.24, 2.45) is 0 Å². The number of nitrogens with one attached hydrogen (secondary N) is 2. The lowest BCUT2D eigenvalue weighted by atomic mass is 10.0. The van der Waals surface area contributed by atoms with E-state index in [1.807, 2.05) is 24.3 Å². The molecule has 0 aliphatic rings. The van der Waals surface area contributed by atoms with Crippen LogP contribution < -0.4 is 10.6 Å². The van der Waals surface area contributed by atoms with Crippen LogP contribution >= 0.6 is 0 Å². The molecule has 2 rings (SSSR count). The number of carbonyl (C=O) groups is 2. The molecule has 0 radical (unpaired) electrons. The van der Waals surface area contributed by atoms with Gasteiger partial charge in [-0.1, -0.05) is 128 Å². The summed E-state index contributed by atoms with van der Waals surface area (Å²) in [4.78, 5) is 29.6. The van der Waals surface area contributed by atoms with E-state index in [-0.39, 0.29) is 11.8 Å². The third kappa shape index (κ3) is 21.0. The minimum atomic E-state index is 0.0632. The molecule has 0 saturated carbocycles. The van der Waals surface area contributed by atoms with Gasteiger partial charge in [0, 0.05) is 37.3 Å². The Balaban J connectivity index is 1.58. The highest BCUT2D eigenvalue weighted by molar-refractivity contribution is 5.91. The van der Waals surface area contributed by atoms with Crippen molar-refractivity contribution in [1.29, 1.82) is 0 Å². The Morgan fingerprint density at radius 2 is 0.787 bits per heavy atom. The first kappa shape index (κ1) is 40.5. The topological polar surface area (TPSA) is 64.7 Å². The summed E-state index contributed by atoms with van der Waals surface area (Å²) in [5, 5.41) is 6.09. The summed E-state index contributed by atoms with van der Waals surface area (Å²) in [6, 6.07) is 16.2. The van der Waals surface area contributed by atoms with Crippen LogP contribution in [0.4, 0.5) is 11.4 Å². The summed E-state index contributed by atoms with van der Waals surface area (Å²) in [5.41, 5.74) is 4.05. The van der Waals surface area contributed by atoms with Crippen molar-refractivity contribution in [1.82, 2.24) is 9.80 Å². The average Bonchev–Trinajstić information content (AvgIpc) is 3.07. The molecule has 0 unspecified atom stereocenters. The molecule has 0 aromatic heterocycles. The van der Waals surface area contributed by atoms with E-state index >= 15 is 0 Å². The van der Waals surface area contributed by atoms with Crippen LogP contribution in [0.15, 0.2) is 48.5 Å². The van der Waals surface area contributed by atoms with Crippen molar-refractivity contribution in [3.63, 3.8) is 0 Å². The van der Waals surface area contributed by atoms with E-state index in [1.165, 1.54) is 114 Å². The Bertz CT molecular complexity index is 984. The molecule has 0 aliphatic carbocycles. The lowest BCUT2D eigenvalue weighted by Crippen LogP contribution is -2.25. The minimum Gasteiger partial charge on any atom is -0.326 e. The van der Waals surface area contributed by atoms with Gasteiger partial charge < -0.3 is 20.4 Å². The molecule has 2 aromatic rings. The van der Waals surface area contributed by atoms with E-state index < -0.39 is 0 Å². The largest absolute Gasteiger partial charge is 0.326 e. The molecule has 0 fully saturated rings. The summed E-state index contributed by atoms with van der Waals surface area (Å²) in [6.07, 6.45) is 23.0. The van der Waals surface area contributed by atoms with E-state index in [0.717, 1.165) is 44.0 Å². The second-order valence-corrected chi connectivity index (χ2v) is 13.7. The maximum absolute atomic E-state index is 12.5. The number of hydrogen-bond acceptors (Lipinski definition) is 4. The Hall–Kier alpha value is -2.70. The monoisotopic (exact) mass is 649 g/mol. The summed E-state index contributed by atoms with van der Waals surface area (Å²) >= 11 is 0. The van der Waals surface area contributed by atoms with Crippen molar-refractivity contribution in [3.8, 4) is 0 Å². The molecule has 264 valence electrons. The molecule has 0 atom stereocenters. The molecule has 6 nitrogen and oxygen atoms in total. The van der Waals surface area contributed by atoms with Crippen LogP contribution in [0.25, 0.3) is 0 Å². The Morgan fingerprint density at radius 3 is 1.13 bits per heavy atom. The maximum atomic E-state index is 12.5. The van der Waals surface area contributed by atoms with E-state index in [9.17, 15) is 9.59 Å². The van der Waals surface area contributed by atoms with Gasteiger partial charge in [0.25, 0.3) is 0 Å². The summed E-state index contributed by atoms with van der Waals surface area (Å²) < 4.78 is 0. The zero-order chi connectivity index (χ0) is 34.0. The Morgan fingerprint density at radius 1 is 0.468 bits per heavy atom. The predicted octanol–water partition coefficient (Wildman–Crippen LogP) is 10.1. The number of anilines is 2. The van der Waals surface area contributed by atoms with Crippen molar-refractivity contribution in [2.45, 2.75) is 136 Å². The van der Waals surface area contributed by atoms with Crippen LogP contribution in [-0.2, 0) is 16.0 Å². The molecule has 2 amide bonds. The summed E-state index contributed by atoms with van der Waals surface area (Å²) in [7, 11) is 4.23. The number of rotatable bonds is 28. The highest BCUT2D eigenvalue weighted by Crippen LogP contribution is 2.17. The van der Waals surface area contributed by atoms with E-state index in [4.69, 9.17) is 0 Å². The van der Waals surface area contributed by atoms with Gasteiger partial charge >= 0.3 is 0 Å². The van der Waals surface area contributed by atoms with E-state index in [0.29, 0.717) is 12.8 Å². The average molecular weight is 649 g/mol. The Kier molecular flexibility index (Phi) is 22.6. The standard InChI is InChI=1S/C41H68N4O2/c1-5-7-9-11-13-15-17-19-31-44(3)33-29-40(46)42-38-25-21-36(22-26-38)35-37-23-27-39(28-24-37)43-41(47)30-34-45(4)32-20-18-16-14-12-10-8-6-2/h21-28H,5-20,29-35H2,1-4H3,(H,42,46)(H,43,47). The molecule has 0 bridgehead atoms. The molecule has 2 N–H and O–H groups in total. The Labute approximate surface area is 288 Å². The van der Waals surface area contributed by atoms with Gasteiger partial charge in [-0.3, -0.25) is 9.59 Å². The molecular formula is C41H68N4O2. The van der Waals surface area contributed by atoms with Crippen molar-refractivity contribution in [2.75, 3.05) is 50.9 Å². The minimum absolute atomic E-state index is 0.0632. The number of carbonyl (C=O) groups excluding carboxylic acids is 2. The first-order chi connectivity index (χ1) is 22.9. The van der Waals surface area contributed by atoms with Gasteiger partial charge in [-0.15, -0.1) is 0 Å². The SMILES string of the molecule is CCCCCCCCCCN(C)CCC(=O)Nc1ccc(Cc2ccc(NC(=O)CCN(C)CCCCCCCCCC)cc2)cc1. The smallest absolute Gasteiger partial charge is 0.225 e. The molecular weight excluding hydrogens is 580 g/mol. The summed E-state index contributed by atoms with van der Waals surface area (Å²) in [5.74, 6) is 0.126. The maximum Gasteiger partial charge on any atom is 0.225 e. The highest BCUT2D eigenvalue weighted by atomic mass is 16.2. The van der Waals surface area contributed by atoms with Crippen LogP contribution in [0, 0.1) is 0 Å². The fourth-order valence-electron chi connectivity index (χ4n) is 5.93. The molecule has 0 saturated heterocycles. The lowest BCUT2D eigenvalue weighted by molar-refractivity contribution is -0.117. The van der Waals surface area contributed by atoms with Crippen LogP contribution in [0.5, 0.6) is 0 Å². The van der Waals surface area contributed by atoms with Gasteiger partial charge in [-0.25, -0.2) is 0 Å². The van der Waals surface area contributed by atoms with Gasteiger partial charge in [-0.05, 0) is 81.8 Å². The second kappa shape index (κ2) is 26.3. The van der Waals surface area contributed by atoms with Crippen molar-refractivity contribution < 1.29 is 9.59 Å². The zero-order valence-electron chi connectivity index (χ0n) is 30.6. The molecule has 0 spiro atoms. The fourth-order valence-corrected chi connectivity index (χ4v) is 5.93. The third-order valence-electron chi connectivity index (χ3n) is 9.11. The first-order valence-corrected chi connectivity index (χ1v) is 19.0. The van der Waals surface area contributed by atoms with E-state index in [1.54, 1.807) is 0 Å². The van der Waals surface area contributed by atoms with Crippen molar-refractivity contribution >= 4 is 23.2 Å². The lowest BCUT2D eigenvalue weighted by Gasteiger charge is -2.16. The molecule has 0 heterocycles. The highest BCUT2D eigenvalue weighted by Gasteiger charge is 2.08. The number of benzene rings is 2.